The van der Waals surface area contributed by atoms with Crippen molar-refractivity contribution in [2.24, 2.45) is 0 Å². The minimum atomic E-state index is 0.813. The van der Waals surface area contributed by atoms with E-state index in [0.29, 0.717) is 0 Å². The van der Waals surface area contributed by atoms with Crippen molar-refractivity contribution in [3.05, 3.63) is 53.1 Å². The summed E-state index contributed by atoms with van der Waals surface area (Å²) in [6.45, 7) is 9.79. The van der Waals surface area contributed by atoms with E-state index < -0.39 is 0 Å². The second kappa shape index (κ2) is 7.79. The molecule has 134 valence electrons. The second-order valence-electron chi connectivity index (χ2n) is 6.86. The molecule has 0 bridgehead atoms. The number of nitrogens with one attached hydrogen (secondary N) is 1. The second-order valence-corrected chi connectivity index (χ2v) is 6.86. The predicted octanol–water partition coefficient (Wildman–Crippen LogP) is 2.23. The van der Waals surface area contributed by atoms with E-state index in [1.807, 2.05) is 12.1 Å². The van der Waals surface area contributed by atoms with E-state index in [-0.39, 0.29) is 0 Å². The Labute approximate surface area is 151 Å². The van der Waals surface area contributed by atoms with Gasteiger partial charge in [-0.2, -0.15) is 0 Å². The van der Waals surface area contributed by atoms with Gasteiger partial charge in [-0.25, -0.2) is 0 Å². The van der Waals surface area contributed by atoms with Gasteiger partial charge >= 0.3 is 0 Å². The molecule has 0 saturated carbocycles. The lowest BCUT2D eigenvalue weighted by molar-refractivity contribution is -0.914. The Hall–Kier alpha value is -2.20. The molecular weight excluding hydrogens is 312 g/mol. The summed E-state index contributed by atoms with van der Waals surface area (Å²) in [5.74, 6) is 1.68. The van der Waals surface area contributed by atoms with E-state index in [1.165, 1.54) is 22.4 Å². The highest BCUT2D eigenvalue weighted by atomic mass is 16.5. The predicted molar refractivity (Wildman–Crippen MR) is 102 cm³/mol. The summed E-state index contributed by atoms with van der Waals surface area (Å²) in [7, 11) is 3.41. The van der Waals surface area contributed by atoms with Gasteiger partial charge in [-0.1, -0.05) is 18.2 Å². The smallest absolute Gasteiger partial charge is 0.169 e. The molecule has 4 heteroatoms. The summed E-state index contributed by atoms with van der Waals surface area (Å²) in [5.41, 5.74) is 5.30. The van der Waals surface area contributed by atoms with Crippen LogP contribution in [0.1, 0.15) is 16.7 Å². The van der Waals surface area contributed by atoms with E-state index in [9.17, 15) is 0 Å². The summed E-state index contributed by atoms with van der Waals surface area (Å²) in [6.07, 6.45) is 0. The van der Waals surface area contributed by atoms with Crippen molar-refractivity contribution in [3.63, 3.8) is 0 Å². The summed E-state index contributed by atoms with van der Waals surface area (Å²) >= 11 is 0. The Morgan fingerprint density at radius 3 is 2.44 bits per heavy atom. The Bertz CT molecular complexity index is 722. The van der Waals surface area contributed by atoms with Crippen molar-refractivity contribution in [1.29, 1.82) is 0 Å². The number of para-hydroxylation sites is 1. The molecule has 2 aromatic rings. The lowest BCUT2D eigenvalue weighted by Crippen LogP contribution is -3.13. The summed E-state index contributed by atoms with van der Waals surface area (Å²) in [4.78, 5) is 4.11. The average molecular weight is 341 g/mol. The number of methoxy groups -OCH3 is 2. The van der Waals surface area contributed by atoms with Crippen LogP contribution in [-0.4, -0.2) is 40.4 Å². The van der Waals surface area contributed by atoms with Crippen LogP contribution in [0, 0.1) is 13.8 Å². The largest absolute Gasteiger partial charge is 0.493 e. The van der Waals surface area contributed by atoms with Gasteiger partial charge in [0.05, 0.1) is 46.0 Å². The Balaban J connectivity index is 1.66. The molecule has 1 heterocycles. The van der Waals surface area contributed by atoms with Crippen LogP contribution in [0.15, 0.2) is 36.4 Å². The minimum Gasteiger partial charge on any atom is -0.493 e. The maximum atomic E-state index is 5.58. The number of aryl methyl sites for hydroxylation is 2. The number of ether oxygens (including phenoxy) is 2. The molecule has 3 rings (SSSR count). The molecule has 4 nitrogen and oxygen atoms in total. The molecule has 1 saturated heterocycles. The number of anilines is 1. The van der Waals surface area contributed by atoms with E-state index in [2.05, 4.69) is 43.0 Å². The van der Waals surface area contributed by atoms with Gasteiger partial charge in [0.1, 0.15) is 6.54 Å². The zero-order valence-corrected chi connectivity index (χ0v) is 15.8. The normalized spacial score (nSPS) is 15.3. The van der Waals surface area contributed by atoms with Gasteiger partial charge in [0.15, 0.2) is 11.5 Å². The van der Waals surface area contributed by atoms with Crippen molar-refractivity contribution >= 4 is 5.69 Å². The van der Waals surface area contributed by atoms with Crippen LogP contribution in [0.2, 0.25) is 0 Å². The highest BCUT2D eigenvalue weighted by Gasteiger charge is 2.23. The van der Waals surface area contributed by atoms with Crippen molar-refractivity contribution in [2.75, 3.05) is 45.3 Å². The van der Waals surface area contributed by atoms with Gasteiger partial charge in [-0.05, 0) is 43.2 Å². The van der Waals surface area contributed by atoms with Crippen LogP contribution < -0.4 is 19.3 Å². The molecule has 0 unspecified atom stereocenters. The van der Waals surface area contributed by atoms with Gasteiger partial charge in [-0.3, -0.25) is 0 Å². The van der Waals surface area contributed by atoms with E-state index in [1.54, 1.807) is 19.1 Å². The van der Waals surface area contributed by atoms with Crippen LogP contribution in [0.25, 0.3) is 0 Å². The van der Waals surface area contributed by atoms with Gasteiger partial charge in [0, 0.05) is 5.69 Å². The Morgan fingerprint density at radius 2 is 1.76 bits per heavy atom. The van der Waals surface area contributed by atoms with Crippen molar-refractivity contribution in [2.45, 2.75) is 20.4 Å². The summed E-state index contributed by atoms with van der Waals surface area (Å²) < 4.78 is 11.0. The van der Waals surface area contributed by atoms with E-state index in [4.69, 9.17) is 9.47 Å². The first-order valence-electron chi connectivity index (χ1n) is 8.98. The molecule has 0 radical (unpaired) electrons. The van der Waals surface area contributed by atoms with Crippen molar-refractivity contribution < 1.29 is 14.4 Å². The first-order chi connectivity index (χ1) is 12.1. The van der Waals surface area contributed by atoms with Crippen LogP contribution in [0.3, 0.4) is 0 Å². The standard InChI is InChI=1S/C21H28N2O2/c1-16-8-9-17(2)19(14-16)23-12-10-22(11-13-23)15-18-6-5-7-20(24-3)21(18)25-4/h5-9,14H,10-13,15H2,1-4H3/p+1. The number of benzene rings is 2. The van der Waals surface area contributed by atoms with Gasteiger partial charge in [0.2, 0.25) is 0 Å². The number of rotatable bonds is 5. The molecule has 1 fully saturated rings. The number of hydrogen-bond donors (Lipinski definition) is 1. The van der Waals surface area contributed by atoms with Crippen LogP contribution in [0.5, 0.6) is 11.5 Å². The quantitative estimate of drug-likeness (QED) is 0.903. The third kappa shape index (κ3) is 3.90. The maximum absolute atomic E-state index is 5.58. The Kier molecular flexibility index (Phi) is 5.49. The average Bonchev–Trinajstić information content (AvgIpc) is 2.64. The van der Waals surface area contributed by atoms with Gasteiger partial charge in [0.25, 0.3) is 0 Å². The molecule has 25 heavy (non-hydrogen) atoms. The molecule has 0 atom stereocenters. The monoisotopic (exact) mass is 341 g/mol. The van der Waals surface area contributed by atoms with Crippen LogP contribution in [-0.2, 0) is 6.54 Å². The molecule has 1 N–H and O–H groups in total. The van der Waals surface area contributed by atoms with Crippen molar-refractivity contribution in [3.8, 4) is 11.5 Å². The zero-order valence-electron chi connectivity index (χ0n) is 15.8. The zero-order chi connectivity index (χ0) is 17.8. The summed E-state index contributed by atoms with van der Waals surface area (Å²) in [5, 5.41) is 0. The highest BCUT2D eigenvalue weighted by molar-refractivity contribution is 5.55. The summed E-state index contributed by atoms with van der Waals surface area (Å²) in [6, 6.07) is 12.9. The van der Waals surface area contributed by atoms with E-state index >= 15 is 0 Å². The lowest BCUT2D eigenvalue weighted by atomic mass is 10.1. The SMILES string of the molecule is COc1cccc(C[NH+]2CCN(c3cc(C)ccc3C)CC2)c1OC. The third-order valence-electron chi connectivity index (χ3n) is 5.10. The maximum Gasteiger partial charge on any atom is 0.169 e. The molecule has 1 aliphatic heterocycles. The van der Waals surface area contributed by atoms with Gasteiger partial charge in [-0.15, -0.1) is 0 Å². The fourth-order valence-corrected chi connectivity index (χ4v) is 3.66. The number of quaternary nitrogens is 1. The number of hydrogen-bond acceptors (Lipinski definition) is 3. The topological polar surface area (TPSA) is 26.1 Å². The fourth-order valence-electron chi connectivity index (χ4n) is 3.66. The minimum absolute atomic E-state index is 0.813. The number of piperazine rings is 1. The van der Waals surface area contributed by atoms with Crippen molar-refractivity contribution in [1.82, 2.24) is 0 Å². The third-order valence-corrected chi connectivity index (χ3v) is 5.10. The highest BCUT2D eigenvalue weighted by Crippen LogP contribution is 2.30. The number of nitrogens with zero attached hydrogens (tertiary/aromatic N) is 1. The van der Waals surface area contributed by atoms with Crippen LogP contribution >= 0.6 is 0 Å². The first-order valence-corrected chi connectivity index (χ1v) is 8.98. The molecular formula is C21H29N2O2+. The molecule has 0 amide bonds. The first kappa shape index (κ1) is 17.6. The fraction of sp³-hybridized carbons (Fsp3) is 0.429. The Morgan fingerprint density at radius 1 is 1.00 bits per heavy atom. The molecule has 2 aromatic carbocycles. The lowest BCUT2D eigenvalue weighted by Gasteiger charge is -2.34. The molecule has 0 aromatic heterocycles. The van der Waals surface area contributed by atoms with E-state index in [0.717, 1.165) is 44.2 Å². The molecule has 0 aliphatic carbocycles. The van der Waals surface area contributed by atoms with Gasteiger partial charge < -0.3 is 19.3 Å². The van der Waals surface area contributed by atoms with Crippen LogP contribution in [0.4, 0.5) is 5.69 Å². The molecule has 0 spiro atoms. The molecule has 1 aliphatic rings.